The number of furan rings is 1. The monoisotopic (exact) mass is 316 g/mol. The summed E-state index contributed by atoms with van der Waals surface area (Å²) in [7, 11) is 1.66. The average molecular weight is 316 g/mol. The summed E-state index contributed by atoms with van der Waals surface area (Å²) in [6, 6.07) is 9.74. The van der Waals surface area contributed by atoms with Gasteiger partial charge < -0.3 is 14.5 Å². The quantitative estimate of drug-likeness (QED) is 0.813. The van der Waals surface area contributed by atoms with E-state index in [1.165, 1.54) is 12.5 Å². The van der Waals surface area contributed by atoms with Crippen LogP contribution in [0.4, 0.5) is 0 Å². The maximum absolute atomic E-state index is 12.1. The first-order chi connectivity index (χ1) is 11.2. The summed E-state index contributed by atoms with van der Waals surface area (Å²) >= 11 is 0. The fourth-order valence-corrected chi connectivity index (χ4v) is 2.66. The molecule has 0 bridgehead atoms. The molecule has 1 unspecified atom stereocenters. The summed E-state index contributed by atoms with van der Waals surface area (Å²) in [6.45, 7) is 6.57. The third-order valence-corrected chi connectivity index (χ3v) is 3.97. The molecule has 0 radical (unpaired) electrons. The fraction of sp³-hybridized carbons (Fsp3) is 0.389. The molecule has 0 saturated carbocycles. The van der Waals surface area contributed by atoms with Gasteiger partial charge in [-0.3, -0.25) is 9.69 Å². The third-order valence-electron chi connectivity index (χ3n) is 3.97. The Morgan fingerprint density at radius 3 is 2.70 bits per heavy atom. The molecule has 2 rings (SSSR count). The molecule has 1 aromatic carbocycles. The number of carbonyl (C=O) groups excluding carboxylic acids is 1. The lowest BCUT2D eigenvalue weighted by Gasteiger charge is -2.30. The number of carbonyl (C=O) groups is 1. The molecule has 0 aliphatic carbocycles. The van der Waals surface area contributed by atoms with Crippen molar-refractivity contribution in [2.75, 3.05) is 26.7 Å². The molecule has 5 heteroatoms. The predicted molar refractivity (Wildman–Crippen MR) is 89.7 cm³/mol. The third kappa shape index (κ3) is 4.36. The molecule has 1 atom stereocenters. The number of ether oxygens (including phenoxy) is 1. The van der Waals surface area contributed by atoms with Gasteiger partial charge in [0, 0.05) is 6.54 Å². The van der Waals surface area contributed by atoms with E-state index < -0.39 is 0 Å². The number of rotatable bonds is 8. The van der Waals surface area contributed by atoms with Crippen LogP contribution in [0.1, 0.15) is 35.8 Å². The topological polar surface area (TPSA) is 54.7 Å². The second-order valence-corrected chi connectivity index (χ2v) is 5.24. The zero-order valence-electron chi connectivity index (χ0n) is 13.9. The molecule has 0 spiro atoms. The zero-order chi connectivity index (χ0) is 16.7. The number of amides is 1. The van der Waals surface area contributed by atoms with Crippen molar-refractivity contribution in [2.45, 2.75) is 19.9 Å². The van der Waals surface area contributed by atoms with E-state index in [1.807, 2.05) is 18.2 Å². The van der Waals surface area contributed by atoms with Crippen LogP contribution in [-0.2, 0) is 0 Å². The van der Waals surface area contributed by atoms with Crippen molar-refractivity contribution in [3.8, 4) is 5.75 Å². The smallest absolute Gasteiger partial charge is 0.254 e. The van der Waals surface area contributed by atoms with Gasteiger partial charge in [0.1, 0.15) is 12.0 Å². The van der Waals surface area contributed by atoms with Crippen molar-refractivity contribution in [3.05, 3.63) is 54.0 Å². The summed E-state index contributed by atoms with van der Waals surface area (Å²) in [5.74, 6) is 0.694. The van der Waals surface area contributed by atoms with Gasteiger partial charge >= 0.3 is 0 Å². The van der Waals surface area contributed by atoms with Crippen molar-refractivity contribution in [1.29, 1.82) is 0 Å². The first-order valence-corrected chi connectivity index (χ1v) is 7.88. The van der Waals surface area contributed by atoms with E-state index in [9.17, 15) is 4.79 Å². The van der Waals surface area contributed by atoms with Gasteiger partial charge in [0.15, 0.2) is 0 Å². The second-order valence-electron chi connectivity index (χ2n) is 5.24. The molecular weight excluding hydrogens is 292 g/mol. The number of likely N-dealkylation sites (N-methyl/N-ethyl adjacent to an activating group) is 1. The van der Waals surface area contributed by atoms with Crippen LogP contribution in [0.5, 0.6) is 5.75 Å². The largest absolute Gasteiger partial charge is 0.497 e. The minimum atomic E-state index is -0.126. The maximum Gasteiger partial charge on any atom is 0.254 e. The van der Waals surface area contributed by atoms with Crippen LogP contribution < -0.4 is 10.1 Å². The summed E-state index contributed by atoms with van der Waals surface area (Å²) in [6.07, 6.45) is 2.95. The maximum atomic E-state index is 12.1. The highest BCUT2D eigenvalue weighted by atomic mass is 16.5. The molecule has 0 fully saturated rings. The number of hydrogen-bond acceptors (Lipinski definition) is 4. The highest BCUT2D eigenvalue weighted by Crippen LogP contribution is 2.23. The van der Waals surface area contributed by atoms with Crippen LogP contribution in [0, 0.1) is 0 Å². The van der Waals surface area contributed by atoms with E-state index in [-0.39, 0.29) is 11.9 Å². The van der Waals surface area contributed by atoms with Crippen LogP contribution in [0.25, 0.3) is 0 Å². The van der Waals surface area contributed by atoms with Crippen molar-refractivity contribution < 1.29 is 13.9 Å². The number of hydrogen-bond donors (Lipinski definition) is 1. The van der Waals surface area contributed by atoms with E-state index in [2.05, 4.69) is 30.1 Å². The van der Waals surface area contributed by atoms with Gasteiger partial charge in [-0.2, -0.15) is 0 Å². The lowest BCUT2D eigenvalue weighted by Crippen LogP contribution is -2.38. The molecule has 0 saturated heterocycles. The zero-order valence-corrected chi connectivity index (χ0v) is 13.9. The van der Waals surface area contributed by atoms with Crippen LogP contribution in [-0.4, -0.2) is 37.6 Å². The molecule has 23 heavy (non-hydrogen) atoms. The molecule has 1 N–H and O–H groups in total. The summed E-state index contributed by atoms with van der Waals surface area (Å²) in [5.41, 5.74) is 1.66. The molecule has 1 heterocycles. The van der Waals surface area contributed by atoms with E-state index in [1.54, 1.807) is 13.2 Å². The minimum Gasteiger partial charge on any atom is -0.497 e. The highest BCUT2D eigenvalue weighted by Gasteiger charge is 2.20. The van der Waals surface area contributed by atoms with Gasteiger partial charge in [-0.25, -0.2) is 0 Å². The normalized spacial score (nSPS) is 12.2. The molecule has 2 aromatic rings. The lowest BCUT2D eigenvalue weighted by molar-refractivity contribution is 0.0934. The van der Waals surface area contributed by atoms with E-state index in [4.69, 9.17) is 9.15 Å². The van der Waals surface area contributed by atoms with E-state index >= 15 is 0 Å². The summed E-state index contributed by atoms with van der Waals surface area (Å²) in [5, 5.41) is 2.99. The van der Waals surface area contributed by atoms with Gasteiger partial charge in [-0.05, 0) is 36.9 Å². The Kier molecular flexibility index (Phi) is 6.23. The van der Waals surface area contributed by atoms with Crippen LogP contribution in [0.3, 0.4) is 0 Å². The highest BCUT2D eigenvalue weighted by molar-refractivity contribution is 5.93. The Labute approximate surface area is 137 Å². The van der Waals surface area contributed by atoms with Crippen molar-refractivity contribution in [1.82, 2.24) is 10.2 Å². The summed E-state index contributed by atoms with van der Waals surface area (Å²) in [4.78, 5) is 14.5. The standard InChI is InChI=1S/C18H24N2O3/c1-4-20(5-2)17(14-7-6-8-16(11-14)22-3)12-19-18(21)15-9-10-23-13-15/h6-11,13,17H,4-5,12H2,1-3H3,(H,19,21). The van der Waals surface area contributed by atoms with E-state index in [0.29, 0.717) is 12.1 Å². The van der Waals surface area contributed by atoms with Crippen LogP contribution >= 0.6 is 0 Å². The lowest BCUT2D eigenvalue weighted by atomic mass is 10.0. The number of nitrogens with zero attached hydrogens (tertiary/aromatic N) is 1. The summed E-state index contributed by atoms with van der Waals surface area (Å²) < 4.78 is 10.3. The number of benzene rings is 1. The molecule has 1 amide bonds. The first kappa shape index (κ1) is 17.1. The van der Waals surface area contributed by atoms with Crippen LogP contribution in [0.2, 0.25) is 0 Å². The van der Waals surface area contributed by atoms with Gasteiger partial charge in [-0.1, -0.05) is 26.0 Å². The molecular formula is C18H24N2O3. The van der Waals surface area contributed by atoms with Crippen molar-refractivity contribution >= 4 is 5.91 Å². The van der Waals surface area contributed by atoms with E-state index in [0.717, 1.165) is 24.4 Å². The van der Waals surface area contributed by atoms with Gasteiger partial charge in [-0.15, -0.1) is 0 Å². The fourth-order valence-electron chi connectivity index (χ4n) is 2.66. The van der Waals surface area contributed by atoms with Crippen molar-refractivity contribution in [2.24, 2.45) is 0 Å². The second kappa shape index (κ2) is 8.39. The number of methoxy groups -OCH3 is 1. The average Bonchev–Trinajstić information content (AvgIpc) is 3.13. The Bertz CT molecular complexity index is 606. The van der Waals surface area contributed by atoms with Crippen LogP contribution in [0.15, 0.2) is 47.3 Å². The van der Waals surface area contributed by atoms with Gasteiger partial charge in [0.05, 0.1) is 25.0 Å². The Morgan fingerprint density at radius 2 is 2.09 bits per heavy atom. The first-order valence-electron chi connectivity index (χ1n) is 7.88. The molecule has 0 aliphatic rings. The Morgan fingerprint density at radius 1 is 1.30 bits per heavy atom. The predicted octanol–water partition coefficient (Wildman–Crippen LogP) is 3.10. The molecule has 124 valence electrons. The van der Waals surface area contributed by atoms with Crippen molar-refractivity contribution in [3.63, 3.8) is 0 Å². The molecule has 1 aromatic heterocycles. The van der Waals surface area contributed by atoms with Gasteiger partial charge in [0.25, 0.3) is 5.91 Å². The molecule has 0 aliphatic heterocycles. The number of nitrogens with one attached hydrogen (secondary N) is 1. The Hall–Kier alpha value is -2.27. The molecule has 5 nitrogen and oxygen atoms in total. The SMILES string of the molecule is CCN(CC)C(CNC(=O)c1ccoc1)c1cccc(OC)c1. The minimum absolute atomic E-state index is 0.0935. The van der Waals surface area contributed by atoms with Gasteiger partial charge in [0.2, 0.25) is 0 Å². The Balaban J connectivity index is 2.15.